The van der Waals surface area contributed by atoms with Gasteiger partial charge in [-0.2, -0.15) is 52.7 Å². The highest BCUT2D eigenvalue weighted by atomic mass is 19.4. The van der Waals surface area contributed by atoms with Gasteiger partial charge in [0.2, 0.25) is 30.4 Å². The Balaban J connectivity index is 2.02. The molecule has 0 heterocycles. The van der Waals surface area contributed by atoms with E-state index in [1.54, 1.807) is 0 Å². The second-order valence-electron chi connectivity index (χ2n) is 10.1. The molecule has 3 rings (SSSR count). The van der Waals surface area contributed by atoms with Crippen LogP contribution in [0.2, 0.25) is 0 Å². The van der Waals surface area contributed by atoms with Crippen molar-refractivity contribution in [1.82, 2.24) is 0 Å². The highest BCUT2D eigenvalue weighted by molar-refractivity contribution is 6.61. The third-order valence-electron chi connectivity index (χ3n) is 6.48. The van der Waals surface area contributed by atoms with Crippen molar-refractivity contribution in [3.63, 3.8) is 0 Å². The van der Waals surface area contributed by atoms with Crippen molar-refractivity contribution in [3.05, 3.63) is 64.3 Å². The van der Waals surface area contributed by atoms with E-state index < -0.39 is 91.1 Å². The number of hydrogen-bond acceptors (Lipinski definition) is 4. The molecule has 240 valence electrons. The molecule has 1 saturated carbocycles. The number of benzene rings is 1. The molecule has 17 heteroatoms. The van der Waals surface area contributed by atoms with Gasteiger partial charge in [0.25, 0.3) is 0 Å². The average molecular weight is 649 g/mol. The number of nitrogens with zero attached hydrogens (tertiary/aromatic N) is 2. The summed E-state index contributed by atoms with van der Waals surface area (Å²) in [7, 11) is 0. The largest absolute Gasteiger partial charge is 0.448 e. The van der Waals surface area contributed by atoms with Crippen LogP contribution in [0.25, 0.3) is 0 Å². The molecule has 0 N–H and O–H groups in total. The lowest BCUT2D eigenvalue weighted by Gasteiger charge is -2.27. The van der Waals surface area contributed by atoms with Gasteiger partial charge in [0.05, 0.1) is 5.57 Å². The number of carbonyl (C=O) groups excluding carboxylic acids is 3. The van der Waals surface area contributed by atoms with Gasteiger partial charge >= 0.3 is 24.7 Å². The summed E-state index contributed by atoms with van der Waals surface area (Å²) in [5.41, 5.74) is -2.47. The second kappa shape index (κ2) is 11.9. The maximum absolute atomic E-state index is 13.3. The van der Waals surface area contributed by atoms with Crippen LogP contribution in [0.4, 0.5) is 58.4 Å². The number of rotatable bonds is 6. The average Bonchev–Trinajstić information content (AvgIpc) is 3.02. The first-order chi connectivity index (χ1) is 19.9. The smallest absolute Gasteiger partial charge is 0.353 e. The van der Waals surface area contributed by atoms with Crippen LogP contribution in [0.15, 0.2) is 53.1 Å². The summed E-state index contributed by atoms with van der Waals surface area (Å²) in [6.45, 7) is -5.52. The van der Waals surface area contributed by atoms with Gasteiger partial charge in [0.15, 0.2) is 5.78 Å². The molecule has 2 aliphatic rings. The van der Waals surface area contributed by atoms with Crippen molar-refractivity contribution < 1.29 is 71.6 Å². The molecular weight excluding hydrogens is 628 g/mol. The Bertz CT molecular complexity index is 1450. The molecule has 1 aromatic carbocycles. The summed E-state index contributed by atoms with van der Waals surface area (Å²) in [5.74, 6) is -5.58. The Morgan fingerprint density at radius 1 is 0.727 bits per heavy atom. The van der Waals surface area contributed by atoms with E-state index in [0.717, 1.165) is 36.4 Å². The van der Waals surface area contributed by atoms with Crippen LogP contribution < -0.4 is 4.90 Å². The number of carbonyl (C=O) groups is 3. The molecule has 44 heavy (non-hydrogen) atoms. The number of anilines is 1. The number of hydrogen-bond donors (Lipinski definition) is 0. The quantitative estimate of drug-likeness (QED) is 0.0932. The summed E-state index contributed by atoms with van der Waals surface area (Å²) >= 11 is 0. The summed E-state index contributed by atoms with van der Waals surface area (Å²) in [5, 5.41) is 0. The minimum absolute atomic E-state index is 0.0104. The van der Waals surface area contributed by atoms with Crippen molar-refractivity contribution in [2.45, 2.75) is 44.5 Å². The number of Topliss-reactive ketones (excluding diaryl/α,β-unsaturated/α-hetero) is 3. The Morgan fingerprint density at radius 3 is 1.68 bits per heavy atom. The Hall–Kier alpha value is -3.92. The van der Waals surface area contributed by atoms with E-state index in [1.165, 1.54) is 13.8 Å². The standard InChI is InChI=1S/C27H21F12N2O3/c1-13-7-15(40(9-24(28,29)30)10-25(31,32)33)3-5-17(13)19-21(42)20(23(44)22(19)43)18-6-4-16(8-14(18)2)41(11-26(34,35)36)12-27(37,38)39/h3-8,19H,9-12H2,1-2H3/q+1/b20-18-. The molecule has 0 bridgehead atoms. The number of allylic oxidation sites excluding steroid dienone is 6. The van der Waals surface area contributed by atoms with Gasteiger partial charge in [-0.1, -0.05) is 6.07 Å². The van der Waals surface area contributed by atoms with Crippen molar-refractivity contribution in [2.24, 2.45) is 0 Å². The highest BCUT2D eigenvalue weighted by Gasteiger charge is 2.48. The summed E-state index contributed by atoms with van der Waals surface area (Å²) < 4.78 is 155. The first kappa shape index (κ1) is 34.6. The monoisotopic (exact) mass is 649 g/mol. The van der Waals surface area contributed by atoms with E-state index >= 15 is 0 Å². The van der Waals surface area contributed by atoms with Gasteiger partial charge in [-0.05, 0) is 54.3 Å². The molecule has 2 aliphatic carbocycles. The van der Waals surface area contributed by atoms with Crippen LogP contribution >= 0.6 is 0 Å². The maximum atomic E-state index is 13.3. The molecule has 0 amide bonds. The highest BCUT2D eigenvalue weighted by Crippen LogP contribution is 2.37. The molecule has 1 fully saturated rings. The van der Waals surface area contributed by atoms with Gasteiger partial charge in [-0.25, -0.2) is 4.58 Å². The second-order valence-corrected chi connectivity index (χ2v) is 10.1. The predicted octanol–water partition coefficient (Wildman–Crippen LogP) is 6.12. The fourth-order valence-electron chi connectivity index (χ4n) is 4.82. The third kappa shape index (κ3) is 8.59. The molecule has 0 aromatic heterocycles. The van der Waals surface area contributed by atoms with E-state index in [9.17, 15) is 67.1 Å². The minimum atomic E-state index is -5.02. The minimum Gasteiger partial charge on any atom is -0.353 e. The molecule has 0 saturated heterocycles. The van der Waals surface area contributed by atoms with Gasteiger partial charge < -0.3 is 4.90 Å². The topological polar surface area (TPSA) is 57.5 Å². The lowest BCUT2D eigenvalue weighted by atomic mass is 9.89. The van der Waals surface area contributed by atoms with E-state index in [1.807, 2.05) is 0 Å². The first-order valence-electron chi connectivity index (χ1n) is 12.3. The zero-order chi connectivity index (χ0) is 33.6. The Morgan fingerprint density at radius 2 is 1.25 bits per heavy atom. The molecule has 0 spiro atoms. The van der Waals surface area contributed by atoms with Crippen LogP contribution in [-0.4, -0.2) is 78.5 Å². The predicted molar refractivity (Wildman–Crippen MR) is 130 cm³/mol. The Kier molecular flexibility index (Phi) is 9.33. The molecule has 0 aliphatic heterocycles. The SMILES string of the molecule is CC1=CC(=[N+](CC(F)(F)F)CC(F)(F)F)C=C/C1=C1/C(=O)C(=O)C(c2ccc(N(CC(F)(F)F)CC(F)(F)F)cc2C)C1=O. The van der Waals surface area contributed by atoms with Crippen LogP contribution in [0.3, 0.4) is 0 Å². The third-order valence-corrected chi connectivity index (χ3v) is 6.48. The normalized spacial score (nSPS) is 20.0. The lowest BCUT2D eigenvalue weighted by molar-refractivity contribution is -0.582. The van der Waals surface area contributed by atoms with Gasteiger partial charge in [-0.3, -0.25) is 14.4 Å². The number of halogens is 12. The van der Waals surface area contributed by atoms with Crippen LogP contribution in [-0.2, 0) is 14.4 Å². The summed E-state index contributed by atoms with van der Waals surface area (Å²) in [6.07, 6.45) is -17.5. The summed E-state index contributed by atoms with van der Waals surface area (Å²) in [6, 6.07) is 2.63. The first-order valence-corrected chi connectivity index (χ1v) is 12.3. The zero-order valence-corrected chi connectivity index (χ0v) is 22.5. The van der Waals surface area contributed by atoms with Crippen LogP contribution in [0.5, 0.6) is 0 Å². The molecule has 0 radical (unpaired) electrons. The number of alkyl halides is 12. The van der Waals surface area contributed by atoms with Gasteiger partial charge in [-0.15, -0.1) is 0 Å². The van der Waals surface area contributed by atoms with Crippen molar-refractivity contribution in [3.8, 4) is 0 Å². The number of aryl methyl sites for hydroxylation is 1. The van der Waals surface area contributed by atoms with Crippen molar-refractivity contribution >= 4 is 28.7 Å². The lowest BCUT2D eigenvalue weighted by Crippen LogP contribution is -2.40. The van der Waals surface area contributed by atoms with E-state index in [4.69, 9.17) is 0 Å². The van der Waals surface area contributed by atoms with E-state index in [0.29, 0.717) is 0 Å². The molecule has 1 atom stereocenters. The van der Waals surface area contributed by atoms with Crippen LogP contribution in [0, 0.1) is 6.92 Å². The Labute approximate surface area is 240 Å². The van der Waals surface area contributed by atoms with E-state index in [-0.39, 0.29) is 31.7 Å². The summed E-state index contributed by atoms with van der Waals surface area (Å²) in [4.78, 5) is 39.1. The molecular formula is C27H21F12N2O3+. The fourth-order valence-corrected chi connectivity index (χ4v) is 4.82. The van der Waals surface area contributed by atoms with Gasteiger partial charge in [0.1, 0.15) is 19.0 Å². The molecule has 5 nitrogen and oxygen atoms in total. The van der Waals surface area contributed by atoms with Gasteiger partial charge in [0, 0.05) is 17.8 Å². The molecule has 1 aromatic rings. The van der Waals surface area contributed by atoms with Crippen molar-refractivity contribution in [2.75, 3.05) is 31.1 Å². The maximum Gasteiger partial charge on any atom is 0.448 e. The number of ketones is 3. The van der Waals surface area contributed by atoms with Crippen molar-refractivity contribution in [1.29, 1.82) is 0 Å². The van der Waals surface area contributed by atoms with E-state index in [2.05, 4.69) is 0 Å². The van der Waals surface area contributed by atoms with Crippen LogP contribution in [0.1, 0.15) is 24.0 Å². The fraction of sp³-hybridized carbons (Fsp3) is 0.407. The zero-order valence-electron chi connectivity index (χ0n) is 22.5. The molecule has 1 unspecified atom stereocenters.